The first-order valence-electron chi connectivity index (χ1n) is 7.93. The average molecular weight is 358 g/mol. The van der Waals surface area contributed by atoms with Crippen LogP contribution in [0.4, 0.5) is 10.2 Å². The van der Waals surface area contributed by atoms with Crippen LogP contribution >= 0.6 is 11.6 Å². The first-order chi connectivity index (χ1) is 12.0. The molecule has 0 radical (unpaired) electrons. The SMILES string of the molecule is CCc1ccc(C(=O)Nc2nn(Cc3cccc(F)c3)cc2Cl)cc1. The fraction of sp³-hybridized carbons (Fsp3) is 0.158. The second-order valence-electron chi connectivity index (χ2n) is 5.66. The Labute approximate surface area is 150 Å². The zero-order valence-corrected chi connectivity index (χ0v) is 14.4. The van der Waals surface area contributed by atoms with E-state index in [-0.39, 0.29) is 17.5 Å². The molecule has 4 nitrogen and oxygen atoms in total. The van der Waals surface area contributed by atoms with Gasteiger partial charge in [0, 0.05) is 11.8 Å². The largest absolute Gasteiger partial charge is 0.304 e. The van der Waals surface area contributed by atoms with E-state index in [0.717, 1.165) is 17.5 Å². The highest BCUT2D eigenvalue weighted by atomic mass is 35.5. The van der Waals surface area contributed by atoms with Crippen LogP contribution in [0.1, 0.15) is 28.4 Å². The molecule has 0 saturated carbocycles. The Bertz CT molecular complexity index is 890. The smallest absolute Gasteiger partial charge is 0.256 e. The van der Waals surface area contributed by atoms with Gasteiger partial charge < -0.3 is 5.32 Å². The van der Waals surface area contributed by atoms with Crippen LogP contribution in [0.15, 0.2) is 54.7 Å². The highest BCUT2D eigenvalue weighted by molar-refractivity contribution is 6.33. The normalized spacial score (nSPS) is 10.7. The van der Waals surface area contributed by atoms with Crippen molar-refractivity contribution in [2.24, 2.45) is 0 Å². The molecular formula is C19H17ClFN3O. The van der Waals surface area contributed by atoms with Crippen molar-refractivity contribution < 1.29 is 9.18 Å². The molecule has 2 aromatic carbocycles. The van der Waals surface area contributed by atoms with E-state index in [9.17, 15) is 9.18 Å². The molecule has 3 rings (SSSR count). The summed E-state index contributed by atoms with van der Waals surface area (Å²) in [6.45, 7) is 2.42. The number of halogens is 2. The van der Waals surface area contributed by atoms with E-state index in [0.29, 0.717) is 17.1 Å². The maximum absolute atomic E-state index is 13.3. The molecule has 128 valence electrons. The van der Waals surface area contributed by atoms with Gasteiger partial charge in [0.25, 0.3) is 5.91 Å². The monoisotopic (exact) mass is 357 g/mol. The highest BCUT2D eigenvalue weighted by Crippen LogP contribution is 2.21. The Kier molecular flexibility index (Phi) is 5.14. The first-order valence-corrected chi connectivity index (χ1v) is 8.30. The molecule has 0 aliphatic carbocycles. The summed E-state index contributed by atoms with van der Waals surface area (Å²) in [5.41, 5.74) is 2.45. The molecule has 1 amide bonds. The van der Waals surface area contributed by atoms with Crippen LogP contribution in [-0.2, 0) is 13.0 Å². The third kappa shape index (κ3) is 4.25. The predicted octanol–water partition coefficient (Wildman–Crippen LogP) is 4.54. The van der Waals surface area contributed by atoms with Crippen molar-refractivity contribution in [2.45, 2.75) is 19.9 Å². The van der Waals surface area contributed by atoms with E-state index in [1.807, 2.05) is 12.1 Å². The number of rotatable bonds is 5. The van der Waals surface area contributed by atoms with Crippen molar-refractivity contribution >= 4 is 23.3 Å². The number of hydrogen-bond acceptors (Lipinski definition) is 2. The molecule has 1 N–H and O–H groups in total. The van der Waals surface area contributed by atoms with Gasteiger partial charge in [-0.2, -0.15) is 5.10 Å². The molecule has 6 heteroatoms. The van der Waals surface area contributed by atoms with Crippen LogP contribution in [0, 0.1) is 5.82 Å². The number of anilines is 1. The van der Waals surface area contributed by atoms with Gasteiger partial charge in [-0.25, -0.2) is 4.39 Å². The molecule has 0 spiro atoms. The van der Waals surface area contributed by atoms with Crippen molar-refractivity contribution in [3.05, 3.63) is 82.3 Å². The summed E-state index contributed by atoms with van der Waals surface area (Å²) in [6.07, 6.45) is 2.51. The number of benzene rings is 2. The summed E-state index contributed by atoms with van der Waals surface area (Å²) < 4.78 is 14.8. The Morgan fingerprint density at radius 3 is 2.64 bits per heavy atom. The molecule has 1 heterocycles. The lowest BCUT2D eigenvalue weighted by atomic mass is 10.1. The number of carbonyl (C=O) groups is 1. The topological polar surface area (TPSA) is 46.9 Å². The summed E-state index contributed by atoms with van der Waals surface area (Å²) >= 11 is 6.15. The van der Waals surface area contributed by atoms with Gasteiger partial charge in [0.15, 0.2) is 5.82 Å². The van der Waals surface area contributed by atoms with Crippen LogP contribution in [0.3, 0.4) is 0 Å². The van der Waals surface area contributed by atoms with E-state index in [1.54, 1.807) is 35.1 Å². The van der Waals surface area contributed by atoms with Gasteiger partial charge in [-0.15, -0.1) is 0 Å². The van der Waals surface area contributed by atoms with E-state index in [2.05, 4.69) is 17.3 Å². The minimum absolute atomic E-state index is 0.277. The Balaban J connectivity index is 1.72. The van der Waals surface area contributed by atoms with E-state index >= 15 is 0 Å². The fourth-order valence-corrected chi connectivity index (χ4v) is 2.65. The third-order valence-corrected chi connectivity index (χ3v) is 4.08. The van der Waals surface area contributed by atoms with Crippen molar-refractivity contribution in [3.8, 4) is 0 Å². The zero-order valence-electron chi connectivity index (χ0n) is 13.7. The third-order valence-electron chi connectivity index (χ3n) is 3.81. The number of nitrogens with one attached hydrogen (secondary N) is 1. The molecule has 0 aliphatic rings. The van der Waals surface area contributed by atoms with E-state index in [4.69, 9.17) is 11.6 Å². The maximum atomic E-state index is 13.3. The molecule has 0 saturated heterocycles. The minimum Gasteiger partial charge on any atom is -0.304 e. The molecule has 3 aromatic rings. The second-order valence-corrected chi connectivity index (χ2v) is 6.06. The van der Waals surface area contributed by atoms with Gasteiger partial charge >= 0.3 is 0 Å². The van der Waals surface area contributed by atoms with Crippen LogP contribution < -0.4 is 5.32 Å². The summed E-state index contributed by atoms with van der Waals surface area (Å²) in [7, 11) is 0. The fourth-order valence-electron chi connectivity index (χ4n) is 2.46. The van der Waals surface area contributed by atoms with Crippen LogP contribution in [0.5, 0.6) is 0 Å². The number of hydrogen-bond donors (Lipinski definition) is 1. The van der Waals surface area contributed by atoms with Gasteiger partial charge in [0.2, 0.25) is 0 Å². The Morgan fingerprint density at radius 1 is 1.20 bits per heavy atom. The number of aryl methyl sites for hydroxylation is 1. The summed E-state index contributed by atoms with van der Waals surface area (Å²) in [4.78, 5) is 12.3. The molecular weight excluding hydrogens is 341 g/mol. The van der Waals surface area contributed by atoms with Crippen molar-refractivity contribution in [2.75, 3.05) is 5.32 Å². The number of nitrogens with zero attached hydrogens (tertiary/aromatic N) is 2. The summed E-state index contributed by atoms with van der Waals surface area (Å²) in [5.74, 6) is -0.303. The lowest BCUT2D eigenvalue weighted by Crippen LogP contribution is -2.13. The molecule has 0 fully saturated rings. The molecule has 25 heavy (non-hydrogen) atoms. The van der Waals surface area contributed by atoms with Crippen LogP contribution in [0.2, 0.25) is 5.02 Å². The minimum atomic E-state index is -0.306. The molecule has 0 aliphatic heterocycles. The van der Waals surface area contributed by atoms with Gasteiger partial charge in [0.1, 0.15) is 10.8 Å². The van der Waals surface area contributed by atoms with Crippen molar-refractivity contribution in [1.82, 2.24) is 9.78 Å². The first kappa shape index (κ1) is 17.2. The van der Waals surface area contributed by atoms with Gasteiger partial charge in [-0.1, -0.05) is 42.8 Å². The second kappa shape index (κ2) is 7.49. The van der Waals surface area contributed by atoms with Crippen molar-refractivity contribution in [1.29, 1.82) is 0 Å². The Morgan fingerprint density at radius 2 is 1.96 bits per heavy atom. The highest BCUT2D eigenvalue weighted by Gasteiger charge is 2.12. The lowest BCUT2D eigenvalue weighted by molar-refractivity contribution is 0.102. The maximum Gasteiger partial charge on any atom is 0.256 e. The number of amides is 1. The number of carbonyl (C=O) groups excluding carboxylic acids is 1. The predicted molar refractivity (Wildman–Crippen MR) is 96.5 cm³/mol. The Hall–Kier alpha value is -2.66. The van der Waals surface area contributed by atoms with Crippen molar-refractivity contribution in [3.63, 3.8) is 0 Å². The number of aromatic nitrogens is 2. The van der Waals surface area contributed by atoms with E-state index < -0.39 is 0 Å². The average Bonchev–Trinajstić information content (AvgIpc) is 2.94. The molecule has 0 bridgehead atoms. The van der Waals surface area contributed by atoms with Gasteiger partial charge in [-0.05, 0) is 41.8 Å². The standard InChI is InChI=1S/C19H17ClFN3O/c1-2-13-6-8-15(9-7-13)19(25)22-18-17(20)12-24(23-18)11-14-4-3-5-16(21)10-14/h3-10,12H,2,11H2,1H3,(H,22,23,25). The van der Waals surface area contributed by atoms with Crippen LogP contribution in [-0.4, -0.2) is 15.7 Å². The van der Waals surface area contributed by atoms with Gasteiger partial charge in [-0.3, -0.25) is 9.48 Å². The molecule has 1 aromatic heterocycles. The molecule has 0 atom stereocenters. The quantitative estimate of drug-likeness (QED) is 0.728. The summed E-state index contributed by atoms with van der Waals surface area (Å²) in [5, 5.41) is 7.30. The molecule has 0 unspecified atom stereocenters. The summed E-state index contributed by atoms with van der Waals surface area (Å²) in [6, 6.07) is 13.6. The van der Waals surface area contributed by atoms with E-state index in [1.165, 1.54) is 12.1 Å². The van der Waals surface area contributed by atoms with Gasteiger partial charge in [0.05, 0.1) is 6.54 Å². The lowest BCUT2D eigenvalue weighted by Gasteiger charge is -2.04. The van der Waals surface area contributed by atoms with Crippen LogP contribution in [0.25, 0.3) is 0 Å². The zero-order chi connectivity index (χ0) is 17.8.